The second-order valence-electron chi connectivity index (χ2n) is 26.4. The molecule has 92 heavy (non-hydrogen) atoms. The van der Waals surface area contributed by atoms with E-state index in [0.717, 1.165) is 117 Å². The molecule has 3 heterocycles. The number of hydrogen-bond donors (Lipinski definition) is 5. The van der Waals surface area contributed by atoms with Crippen LogP contribution in [0.15, 0.2) is 231 Å². The van der Waals surface area contributed by atoms with Crippen LogP contribution in [0.3, 0.4) is 0 Å². The quantitative estimate of drug-likeness (QED) is 0.0552. The number of fused-ring (bicyclic) bond motifs is 8. The molecule has 2 aliphatic heterocycles. The molecule has 0 atom stereocenters. The van der Waals surface area contributed by atoms with E-state index in [-0.39, 0.29) is 23.2 Å². The van der Waals surface area contributed by atoms with Gasteiger partial charge in [-0.15, -0.1) is 11.3 Å². The Morgan fingerprint density at radius 3 is 1.87 bits per heavy atom. The molecule has 10 heteroatoms. The van der Waals surface area contributed by atoms with Gasteiger partial charge in [-0.25, -0.2) is 0 Å². The van der Waals surface area contributed by atoms with Gasteiger partial charge in [-0.05, 0) is 205 Å². The second-order valence-corrected chi connectivity index (χ2v) is 27.5. The monoisotopic (exact) mass is 1220 g/mol. The van der Waals surface area contributed by atoms with Crippen molar-refractivity contribution in [3.05, 3.63) is 270 Å². The molecule has 0 radical (unpaired) electrons. The van der Waals surface area contributed by atoms with Crippen molar-refractivity contribution in [1.29, 1.82) is 0 Å². The largest absolute Gasteiger partial charge is 0.503 e. The number of aromatic hydroxyl groups is 5. The van der Waals surface area contributed by atoms with Gasteiger partial charge < -0.3 is 40.2 Å². The molecule has 0 amide bonds. The molecule has 0 unspecified atom stereocenters. The lowest BCUT2D eigenvalue weighted by Crippen LogP contribution is -2.61. The Morgan fingerprint density at radius 2 is 1.15 bits per heavy atom. The molecule has 0 saturated heterocycles. The predicted molar refractivity (Wildman–Crippen MR) is 386 cm³/mol. The first-order valence-corrected chi connectivity index (χ1v) is 32.0. The van der Waals surface area contributed by atoms with Crippen LogP contribution < -0.4 is 31.1 Å². The number of nitrogens with zero attached hydrogens (tertiary/aromatic N) is 3. The number of benzene rings is 11. The number of para-hydroxylation sites is 1. The average Bonchev–Trinajstić information content (AvgIpc) is 0.911. The van der Waals surface area contributed by atoms with Crippen molar-refractivity contribution in [2.45, 2.75) is 66.2 Å². The van der Waals surface area contributed by atoms with Crippen LogP contribution >= 0.6 is 11.3 Å². The molecule has 0 fully saturated rings. The van der Waals surface area contributed by atoms with Gasteiger partial charge in [0.05, 0.1) is 5.69 Å². The summed E-state index contributed by atoms with van der Waals surface area (Å²) >= 11 is 1.82. The fourth-order valence-electron chi connectivity index (χ4n) is 14.7. The van der Waals surface area contributed by atoms with E-state index >= 15 is 0 Å². The zero-order chi connectivity index (χ0) is 64.0. The molecular formula is C82H68BN3O5S. The Hall–Kier alpha value is -10.7. The molecule has 5 N–H and O–H groups in total. The van der Waals surface area contributed by atoms with Crippen LogP contribution in [0.2, 0.25) is 0 Å². The molecule has 0 spiro atoms. The van der Waals surface area contributed by atoms with E-state index in [0.29, 0.717) is 11.4 Å². The van der Waals surface area contributed by atoms with Crippen molar-refractivity contribution in [2.24, 2.45) is 0 Å². The van der Waals surface area contributed by atoms with E-state index in [9.17, 15) is 25.5 Å². The molecule has 450 valence electrons. The zero-order valence-corrected chi connectivity index (χ0v) is 53.5. The molecule has 8 nitrogen and oxygen atoms in total. The Kier molecular flexibility index (Phi) is 13.3. The molecule has 1 aliphatic carbocycles. The number of phenolic OH excluding ortho intramolecular Hbond substituents is 5. The Morgan fingerprint density at radius 1 is 0.533 bits per heavy atom. The number of phenols is 5. The Bertz CT molecular complexity index is 5120. The number of thiophene rings is 1. The Labute approximate surface area is 541 Å². The first kappa shape index (κ1) is 57.7. The molecule has 15 rings (SSSR count). The number of allylic oxidation sites excluding steroid dienone is 4. The third kappa shape index (κ3) is 8.86. The fraction of sp³-hybridized carbons (Fsp3) is 0.122. The van der Waals surface area contributed by atoms with Crippen molar-refractivity contribution in [3.8, 4) is 51.0 Å². The minimum atomic E-state index is -1.04. The standard InChI is InChI=1S/C82H68BN3O5S/c1-11-59(72-49(5)82(9,10)63-26-17-15-25-61(63)72)54-40-47(3)74(48(4)41-54)86-67-45-58(84(56-22-13-12-14-23-56)75-76(87)78(89)80(91)79(90)77(75)88)34-35-64(67)83-65-44-53(51-20-19-21-55(42-51)81(6,7)8)30-36-66(65)85(68-38-46(2)39-69(86)73(68)83)57-32-28-50(29-33-57)52-31-37-71-62(43-52)60-24-16-18-27-70(60)92-71/h11-45,87-91H,1,5H2,2-4,6-10H3/b72-59-. The summed E-state index contributed by atoms with van der Waals surface area (Å²) in [7, 11) is 0. The molecule has 11 aromatic carbocycles. The van der Waals surface area contributed by atoms with Crippen LogP contribution in [0.4, 0.5) is 51.2 Å². The lowest BCUT2D eigenvalue weighted by Gasteiger charge is -2.45. The van der Waals surface area contributed by atoms with Crippen molar-refractivity contribution in [2.75, 3.05) is 14.7 Å². The SMILES string of the molecule is C=C/C(=C1\C(=C)C(C)(C)c2ccccc21)c1cc(C)c(N2c3cc(N(c4ccccc4)c4c(O)c(O)c(O)c(O)c4O)ccc3B3c4cc(-c5cccc(C(C)(C)C)c5)ccc4N(c4ccc(-c5ccc6sc7ccccc7c6c5)cc4)c4cc(C)cc2c43)c(C)c1. The molecule has 0 bridgehead atoms. The molecule has 1 aromatic heterocycles. The van der Waals surface area contributed by atoms with Crippen LogP contribution in [-0.2, 0) is 10.8 Å². The number of rotatable bonds is 9. The number of hydrogen-bond acceptors (Lipinski definition) is 9. The van der Waals surface area contributed by atoms with E-state index in [1.807, 2.05) is 53.8 Å². The predicted octanol–water partition coefficient (Wildman–Crippen LogP) is 19.6. The highest BCUT2D eigenvalue weighted by Crippen LogP contribution is 2.59. The summed E-state index contributed by atoms with van der Waals surface area (Å²) < 4.78 is 2.54. The first-order valence-electron chi connectivity index (χ1n) is 31.2. The average molecular weight is 1220 g/mol. The van der Waals surface area contributed by atoms with Gasteiger partial charge in [0.1, 0.15) is 5.69 Å². The van der Waals surface area contributed by atoms with Gasteiger partial charge in [0.15, 0.2) is 11.5 Å². The van der Waals surface area contributed by atoms with E-state index in [4.69, 9.17) is 6.58 Å². The van der Waals surface area contributed by atoms with E-state index < -0.39 is 28.7 Å². The highest BCUT2D eigenvalue weighted by atomic mass is 32.1. The number of anilines is 9. The summed E-state index contributed by atoms with van der Waals surface area (Å²) in [5.74, 6) is -4.63. The highest BCUT2D eigenvalue weighted by molar-refractivity contribution is 7.25. The van der Waals surface area contributed by atoms with Gasteiger partial charge in [-0.3, -0.25) is 0 Å². The van der Waals surface area contributed by atoms with Crippen LogP contribution in [0.1, 0.15) is 73.6 Å². The summed E-state index contributed by atoms with van der Waals surface area (Å²) in [5.41, 5.74) is 24.6. The summed E-state index contributed by atoms with van der Waals surface area (Å²) in [6, 6.07) is 73.3. The van der Waals surface area contributed by atoms with E-state index in [2.05, 4.69) is 242 Å². The van der Waals surface area contributed by atoms with Gasteiger partial charge in [-0.2, -0.15) is 0 Å². The summed E-state index contributed by atoms with van der Waals surface area (Å²) in [6.07, 6.45) is 1.97. The summed E-state index contributed by atoms with van der Waals surface area (Å²) in [4.78, 5) is 6.42. The van der Waals surface area contributed by atoms with Crippen LogP contribution in [0.25, 0.3) is 53.6 Å². The van der Waals surface area contributed by atoms with Crippen molar-refractivity contribution in [3.63, 3.8) is 0 Å². The lowest BCUT2D eigenvalue weighted by molar-refractivity contribution is 0.329. The maximum atomic E-state index is 11.9. The van der Waals surface area contributed by atoms with Crippen LogP contribution in [0, 0.1) is 20.8 Å². The van der Waals surface area contributed by atoms with Gasteiger partial charge in [0.2, 0.25) is 17.2 Å². The normalized spacial score (nSPS) is 14.3. The topological polar surface area (TPSA) is 111 Å². The van der Waals surface area contributed by atoms with Crippen molar-refractivity contribution >= 4 is 117 Å². The van der Waals surface area contributed by atoms with Gasteiger partial charge in [0, 0.05) is 65.4 Å². The van der Waals surface area contributed by atoms with Crippen molar-refractivity contribution in [1.82, 2.24) is 0 Å². The maximum Gasteiger partial charge on any atom is 0.252 e. The van der Waals surface area contributed by atoms with Gasteiger partial charge in [-0.1, -0.05) is 175 Å². The second kappa shape index (κ2) is 21.2. The molecule has 0 saturated carbocycles. The minimum Gasteiger partial charge on any atom is -0.503 e. The van der Waals surface area contributed by atoms with Crippen LogP contribution in [-0.4, -0.2) is 32.2 Å². The van der Waals surface area contributed by atoms with Crippen molar-refractivity contribution < 1.29 is 25.5 Å². The number of aryl methyl sites for hydroxylation is 3. The smallest absolute Gasteiger partial charge is 0.252 e. The molecule has 3 aliphatic rings. The fourth-order valence-corrected chi connectivity index (χ4v) is 15.8. The van der Waals surface area contributed by atoms with E-state index in [1.165, 1.54) is 31.3 Å². The van der Waals surface area contributed by atoms with Gasteiger partial charge >= 0.3 is 0 Å². The van der Waals surface area contributed by atoms with Gasteiger partial charge in [0.25, 0.3) is 6.71 Å². The lowest BCUT2D eigenvalue weighted by atomic mass is 9.33. The molecule has 12 aromatic rings. The maximum absolute atomic E-state index is 11.9. The van der Waals surface area contributed by atoms with E-state index in [1.54, 1.807) is 4.90 Å². The zero-order valence-electron chi connectivity index (χ0n) is 52.7. The third-order valence-corrected chi connectivity index (χ3v) is 20.5. The summed E-state index contributed by atoms with van der Waals surface area (Å²) in [5, 5.41) is 59.4. The summed E-state index contributed by atoms with van der Waals surface area (Å²) in [6.45, 7) is 26.6. The van der Waals surface area contributed by atoms with Crippen LogP contribution in [0.5, 0.6) is 28.7 Å². The highest BCUT2D eigenvalue weighted by Gasteiger charge is 2.45. The minimum absolute atomic E-state index is 0.0868. The molecular weight excluding hydrogens is 1150 g/mol. The first-order chi connectivity index (χ1) is 44.2. The third-order valence-electron chi connectivity index (χ3n) is 19.4. The Balaban J connectivity index is 0.989.